The number of aliphatic carboxylic acids is 1. The van der Waals surface area contributed by atoms with Gasteiger partial charge in [0.15, 0.2) is 0 Å². The molecule has 1 N–H and O–H groups in total. The number of hydrogen-bond donors (Lipinski definition) is 1. The average Bonchev–Trinajstić information content (AvgIpc) is 2.68. The van der Waals surface area contributed by atoms with E-state index < -0.39 is 29.9 Å². The van der Waals surface area contributed by atoms with Crippen molar-refractivity contribution in [2.24, 2.45) is 0 Å². The lowest BCUT2D eigenvalue weighted by atomic mass is 10.1. The first-order chi connectivity index (χ1) is 9.77. The topological polar surface area (TPSA) is 66.8 Å². The van der Waals surface area contributed by atoms with Gasteiger partial charge in [-0.3, -0.25) is 4.79 Å². The molecule has 21 heavy (non-hydrogen) atoms. The minimum Gasteiger partial charge on any atom is -0.481 e. The van der Waals surface area contributed by atoms with Gasteiger partial charge in [-0.15, -0.1) is 0 Å². The molecule has 2 rings (SSSR count). The van der Waals surface area contributed by atoms with E-state index in [2.05, 4.69) is 0 Å². The maximum absolute atomic E-state index is 12.9. The first-order valence-corrected chi connectivity index (χ1v) is 6.10. The molecular weight excluding hydrogens is 291 g/mol. The number of carbonyl (C=O) groups excluding carboxylic acids is 1. The number of carbonyl (C=O) groups is 2. The van der Waals surface area contributed by atoms with Gasteiger partial charge in [0, 0.05) is 6.54 Å². The summed E-state index contributed by atoms with van der Waals surface area (Å²) in [6.07, 6.45) is -6.53. The summed E-state index contributed by atoms with van der Waals surface area (Å²) in [4.78, 5) is 23.2. The van der Waals surface area contributed by atoms with Crippen LogP contribution in [0.25, 0.3) is 0 Å². The van der Waals surface area contributed by atoms with Crippen LogP contribution in [0.4, 0.5) is 18.0 Å². The van der Waals surface area contributed by atoms with Crippen LogP contribution in [0.15, 0.2) is 24.3 Å². The van der Waals surface area contributed by atoms with Gasteiger partial charge in [-0.25, -0.2) is 4.79 Å². The van der Waals surface area contributed by atoms with Crippen LogP contribution >= 0.6 is 0 Å². The Morgan fingerprint density at radius 2 is 2.05 bits per heavy atom. The van der Waals surface area contributed by atoms with Crippen LogP contribution < -0.4 is 0 Å². The quantitative estimate of drug-likeness (QED) is 0.928. The Labute approximate surface area is 117 Å². The third-order valence-electron chi connectivity index (χ3n) is 3.04. The average molecular weight is 303 g/mol. The molecule has 1 heterocycles. The SMILES string of the molecule is O=C(O)CC1CN(Cc2ccccc2C(F)(F)F)C(=O)O1. The van der Waals surface area contributed by atoms with Crippen LogP contribution in [0.1, 0.15) is 17.5 Å². The molecule has 1 fully saturated rings. The van der Waals surface area contributed by atoms with Crippen LogP contribution in [-0.4, -0.2) is 34.7 Å². The first-order valence-electron chi connectivity index (χ1n) is 6.10. The number of cyclic esters (lactones) is 1. The number of alkyl halides is 3. The van der Waals surface area contributed by atoms with Gasteiger partial charge in [-0.2, -0.15) is 13.2 Å². The fourth-order valence-electron chi connectivity index (χ4n) is 2.15. The fraction of sp³-hybridized carbons (Fsp3) is 0.385. The maximum Gasteiger partial charge on any atom is 0.416 e. The van der Waals surface area contributed by atoms with Crippen molar-refractivity contribution >= 4 is 12.1 Å². The lowest BCUT2D eigenvalue weighted by Gasteiger charge is -2.17. The van der Waals surface area contributed by atoms with Crippen molar-refractivity contribution in [1.82, 2.24) is 4.90 Å². The highest BCUT2D eigenvalue weighted by Gasteiger charge is 2.36. The largest absolute Gasteiger partial charge is 0.481 e. The van der Waals surface area contributed by atoms with Gasteiger partial charge in [-0.05, 0) is 11.6 Å². The van der Waals surface area contributed by atoms with Crippen molar-refractivity contribution in [1.29, 1.82) is 0 Å². The zero-order valence-electron chi connectivity index (χ0n) is 10.8. The van der Waals surface area contributed by atoms with E-state index in [0.717, 1.165) is 11.0 Å². The first kappa shape index (κ1) is 15.1. The predicted molar refractivity (Wildman–Crippen MR) is 64.4 cm³/mol. The second-order valence-electron chi connectivity index (χ2n) is 4.64. The Morgan fingerprint density at radius 1 is 1.38 bits per heavy atom. The Hall–Kier alpha value is -2.25. The van der Waals surface area contributed by atoms with E-state index in [1.807, 2.05) is 0 Å². The number of carboxylic acids is 1. The van der Waals surface area contributed by atoms with E-state index in [1.54, 1.807) is 0 Å². The molecule has 0 radical (unpaired) electrons. The molecular formula is C13H12F3NO4. The predicted octanol–water partition coefficient (Wildman–Crippen LogP) is 2.50. The van der Waals surface area contributed by atoms with E-state index >= 15 is 0 Å². The van der Waals surface area contributed by atoms with E-state index in [9.17, 15) is 22.8 Å². The molecule has 8 heteroatoms. The molecule has 0 aromatic heterocycles. The van der Waals surface area contributed by atoms with Gasteiger partial charge in [-0.1, -0.05) is 18.2 Å². The summed E-state index contributed by atoms with van der Waals surface area (Å²) in [6.45, 7) is -0.317. The lowest BCUT2D eigenvalue weighted by Crippen LogP contribution is -2.26. The molecule has 1 atom stereocenters. The summed E-state index contributed by atoms with van der Waals surface area (Å²) in [6, 6.07) is 4.93. The molecule has 1 amide bonds. The normalized spacial score (nSPS) is 18.7. The number of rotatable bonds is 4. The summed E-state index contributed by atoms with van der Waals surface area (Å²) >= 11 is 0. The van der Waals surface area contributed by atoms with Crippen LogP contribution in [0.5, 0.6) is 0 Å². The number of ether oxygens (including phenoxy) is 1. The maximum atomic E-state index is 12.9. The summed E-state index contributed by atoms with van der Waals surface area (Å²) in [7, 11) is 0. The van der Waals surface area contributed by atoms with Crippen LogP contribution in [0.2, 0.25) is 0 Å². The highest BCUT2D eigenvalue weighted by Crippen LogP contribution is 2.33. The monoisotopic (exact) mass is 303 g/mol. The van der Waals surface area contributed by atoms with Crippen molar-refractivity contribution in [3.63, 3.8) is 0 Å². The smallest absolute Gasteiger partial charge is 0.416 e. The molecule has 1 aromatic rings. The number of benzene rings is 1. The molecule has 5 nitrogen and oxygen atoms in total. The number of hydrogen-bond acceptors (Lipinski definition) is 3. The molecule has 0 spiro atoms. The van der Waals surface area contributed by atoms with Crippen LogP contribution in [0.3, 0.4) is 0 Å². The van der Waals surface area contributed by atoms with Crippen molar-refractivity contribution in [2.45, 2.75) is 25.2 Å². The molecule has 1 aromatic carbocycles. The molecule has 1 aliphatic heterocycles. The molecule has 1 unspecified atom stereocenters. The zero-order chi connectivity index (χ0) is 15.6. The van der Waals surface area contributed by atoms with E-state index in [4.69, 9.17) is 9.84 Å². The number of nitrogens with zero attached hydrogens (tertiary/aromatic N) is 1. The summed E-state index contributed by atoms with van der Waals surface area (Å²) in [5, 5.41) is 8.63. The zero-order valence-corrected chi connectivity index (χ0v) is 10.8. The molecule has 0 aliphatic carbocycles. The molecule has 0 bridgehead atoms. The Bertz CT molecular complexity index is 559. The second kappa shape index (κ2) is 5.63. The van der Waals surface area contributed by atoms with Crippen LogP contribution in [-0.2, 0) is 22.3 Å². The second-order valence-corrected chi connectivity index (χ2v) is 4.64. The third kappa shape index (κ3) is 3.65. The standard InChI is InChI=1S/C13H12F3NO4/c14-13(15,16)10-4-2-1-3-8(10)6-17-7-9(5-11(18)19)21-12(17)20/h1-4,9H,5-7H2,(H,18,19). The number of halogens is 3. The van der Waals surface area contributed by atoms with E-state index in [1.165, 1.54) is 18.2 Å². The minimum atomic E-state index is -4.51. The van der Waals surface area contributed by atoms with Gasteiger partial charge in [0.05, 0.1) is 18.5 Å². The van der Waals surface area contributed by atoms with Gasteiger partial charge < -0.3 is 14.7 Å². The highest BCUT2D eigenvalue weighted by atomic mass is 19.4. The summed E-state index contributed by atoms with van der Waals surface area (Å²) in [5.74, 6) is -1.13. The fourth-order valence-corrected chi connectivity index (χ4v) is 2.15. The molecule has 114 valence electrons. The molecule has 1 aliphatic rings. The number of carboxylic acid groups (broad SMARTS) is 1. The van der Waals surface area contributed by atoms with Crippen molar-refractivity contribution in [3.8, 4) is 0 Å². The minimum absolute atomic E-state index is 0.0443. The van der Waals surface area contributed by atoms with Crippen LogP contribution in [0, 0.1) is 0 Å². The van der Waals surface area contributed by atoms with E-state index in [0.29, 0.717) is 0 Å². The van der Waals surface area contributed by atoms with Gasteiger partial charge in [0.1, 0.15) is 6.10 Å². The summed E-state index contributed by atoms with van der Waals surface area (Å²) < 4.78 is 43.4. The Morgan fingerprint density at radius 3 is 2.67 bits per heavy atom. The van der Waals surface area contributed by atoms with Gasteiger partial charge >= 0.3 is 18.2 Å². The Kier molecular flexibility index (Phi) is 4.06. The third-order valence-corrected chi connectivity index (χ3v) is 3.04. The van der Waals surface area contributed by atoms with Gasteiger partial charge in [0.2, 0.25) is 0 Å². The molecule has 1 saturated heterocycles. The molecule has 0 saturated carbocycles. The van der Waals surface area contributed by atoms with Crippen molar-refractivity contribution in [3.05, 3.63) is 35.4 Å². The lowest BCUT2D eigenvalue weighted by molar-refractivity contribution is -0.139. The number of amides is 1. The van der Waals surface area contributed by atoms with E-state index in [-0.39, 0.29) is 25.1 Å². The van der Waals surface area contributed by atoms with Crippen molar-refractivity contribution in [2.75, 3.05) is 6.54 Å². The van der Waals surface area contributed by atoms with Crippen molar-refractivity contribution < 1.29 is 32.6 Å². The van der Waals surface area contributed by atoms with Gasteiger partial charge in [0.25, 0.3) is 0 Å². The highest BCUT2D eigenvalue weighted by molar-refractivity contribution is 5.73. The Balaban J connectivity index is 2.13. The summed E-state index contributed by atoms with van der Waals surface area (Å²) in [5.41, 5.74) is -0.877.